The molecule has 0 atom stereocenters. The van der Waals surface area contributed by atoms with E-state index in [1.807, 2.05) is 26.0 Å². The first kappa shape index (κ1) is 13.6. The molecule has 1 amide bonds. The number of hydrazone groups is 1. The fourth-order valence-corrected chi connectivity index (χ4v) is 2.25. The summed E-state index contributed by atoms with van der Waals surface area (Å²) < 4.78 is 0. The maximum atomic E-state index is 11.7. The van der Waals surface area contributed by atoms with Gasteiger partial charge in [-0.25, -0.2) is 0 Å². The maximum Gasteiger partial charge on any atom is 0.237 e. The lowest BCUT2D eigenvalue weighted by Crippen LogP contribution is -2.46. The standard InChI is InChI=1S/C14H13N5O/c1-14(2)12-4-3-10(18-19-11(7-15)8-16)5-9(12)6-13(20)17-14/h3-5,18H,6H2,1-2H3,(H,17,20). The molecule has 1 heterocycles. The maximum absolute atomic E-state index is 11.7. The third-order valence-electron chi connectivity index (χ3n) is 3.09. The van der Waals surface area contributed by atoms with Crippen LogP contribution in [0.5, 0.6) is 0 Å². The molecule has 20 heavy (non-hydrogen) atoms. The van der Waals surface area contributed by atoms with Gasteiger partial charge >= 0.3 is 0 Å². The predicted octanol–water partition coefficient (Wildman–Crippen LogP) is 1.41. The molecule has 0 saturated carbocycles. The molecule has 0 radical (unpaired) electrons. The third-order valence-corrected chi connectivity index (χ3v) is 3.09. The van der Waals surface area contributed by atoms with Crippen molar-refractivity contribution in [3.05, 3.63) is 29.3 Å². The van der Waals surface area contributed by atoms with Gasteiger partial charge in [0.15, 0.2) is 0 Å². The second-order valence-electron chi connectivity index (χ2n) is 5.02. The number of hydrogen-bond acceptors (Lipinski definition) is 5. The normalized spacial score (nSPS) is 15.1. The Labute approximate surface area is 116 Å². The molecule has 1 aliphatic heterocycles. The number of benzene rings is 1. The summed E-state index contributed by atoms with van der Waals surface area (Å²) in [4.78, 5) is 11.7. The van der Waals surface area contributed by atoms with Crippen molar-refractivity contribution in [2.24, 2.45) is 5.10 Å². The average Bonchev–Trinajstić information content (AvgIpc) is 2.38. The molecule has 1 aliphatic rings. The lowest BCUT2D eigenvalue weighted by Gasteiger charge is -2.33. The first-order chi connectivity index (χ1) is 9.46. The van der Waals surface area contributed by atoms with E-state index >= 15 is 0 Å². The Morgan fingerprint density at radius 3 is 2.75 bits per heavy atom. The predicted molar refractivity (Wildman–Crippen MR) is 73.6 cm³/mol. The van der Waals surface area contributed by atoms with E-state index in [0.29, 0.717) is 12.1 Å². The highest BCUT2D eigenvalue weighted by Crippen LogP contribution is 2.30. The SMILES string of the molecule is CC1(C)NC(=O)Cc2cc(NN=C(C#N)C#N)ccc21. The van der Waals surface area contributed by atoms with E-state index < -0.39 is 5.54 Å². The number of nitrogens with zero attached hydrogens (tertiary/aromatic N) is 3. The number of rotatable bonds is 2. The van der Waals surface area contributed by atoms with Crippen LogP contribution in [0.15, 0.2) is 23.3 Å². The molecule has 0 spiro atoms. The summed E-state index contributed by atoms with van der Waals surface area (Å²) in [5.41, 5.74) is 4.59. The van der Waals surface area contributed by atoms with Gasteiger partial charge in [0.25, 0.3) is 0 Å². The van der Waals surface area contributed by atoms with Gasteiger partial charge in [0.05, 0.1) is 17.6 Å². The van der Waals surface area contributed by atoms with Crippen LogP contribution in [0.3, 0.4) is 0 Å². The monoisotopic (exact) mass is 267 g/mol. The van der Waals surface area contributed by atoms with Crippen LogP contribution in [0.4, 0.5) is 5.69 Å². The van der Waals surface area contributed by atoms with Crippen LogP contribution >= 0.6 is 0 Å². The highest BCUT2D eigenvalue weighted by Gasteiger charge is 2.30. The minimum Gasteiger partial charge on any atom is -0.347 e. The van der Waals surface area contributed by atoms with Gasteiger partial charge in [-0.1, -0.05) is 6.07 Å². The summed E-state index contributed by atoms with van der Waals surface area (Å²) in [6, 6.07) is 8.85. The van der Waals surface area contributed by atoms with Crippen molar-refractivity contribution < 1.29 is 4.79 Å². The van der Waals surface area contributed by atoms with Crippen molar-refractivity contribution in [1.82, 2.24) is 5.32 Å². The van der Waals surface area contributed by atoms with Gasteiger partial charge in [-0.3, -0.25) is 10.2 Å². The number of carbonyl (C=O) groups is 1. The Kier molecular flexibility index (Phi) is 3.41. The Hall–Kier alpha value is -2.86. The first-order valence-electron chi connectivity index (χ1n) is 6.04. The van der Waals surface area contributed by atoms with Gasteiger partial charge in [-0.15, -0.1) is 0 Å². The van der Waals surface area contributed by atoms with Crippen molar-refractivity contribution in [2.75, 3.05) is 5.43 Å². The molecule has 0 fully saturated rings. The second-order valence-corrected chi connectivity index (χ2v) is 5.02. The molecular weight excluding hydrogens is 254 g/mol. The third kappa shape index (κ3) is 2.60. The molecule has 0 aromatic heterocycles. The molecule has 0 saturated heterocycles. The molecule has 0 aliphatic carbocycles. The van der Waals surface area contributed by atoms with Crippen molar-refractivity contribution in [1.29, 1.82) is 10.5 Å². The van der Waals surface area contributed by atoms with E-state index in [-0.39, 0.29) is 11.6 Å². The molecular formula is C14H13N5O. The molecule has 1 aromatic rings. The van der Waals surface area contributed by atoms with E-state index in [4.69, 9.17) is 10.5 Å². The van der Waals surface area contributed by atoms with E-state index in [9.17, 15) is 4.79 Å². The Morgan fingerprint density at radius 2 is 2.10 bits per heavy atom. The summed E-state index contributed by atoms with van der Waals surface area (Å²) in [6.45, 7) is 3.88. The average molecular weight is 267 g/mol. The number of nitriles is 2. The van der Waals surface area contributed by atoms with Crippen LogP contribution in [-0.4, -0.2) is 11.6 Å². The van der Waals surface area contributed by atoms with E-state index in [1.165, 1.54) is 0 Å². The lowest BCUT2D eigenvalue weighted by molar-refractivity contribution is -0.122. The first-order valence-corrected chi connectivity index (χ1v) is 6.04. The minimum atomic E-state index is -0.406. The van der Waals surface area contributed by atoms with Crippen LogP contribution < -0.4 is 10.7 Å². The largest absolute Gasteiger partial charge is 0.347 e. The number of anilines is 1. The highest BCUT2D eigenvalue weighted by molar-refractivity contribution is 6.10. The summed E-state index contributed by atoms with van der Waals surface area (Å²) in [5, 5.41) is 23.8. The Bertz CT molecular complexity index is 660. The lowest BCUT2D eigenvalue weighted by atomic mass is 9.85. The minimum absolute atomic E-state index is 0.0297. The summed E-state index contributed by atoms with van der Waals surface area (Å²) in [6.07, 6.45) is 0.307. The van der Waals surface area contributed by atoms with Crippen molar-refractivity contribution in [3.63, 3.8) is 0 Å². The summed E-state index contributed by atoms with van der Waals surface area (Å²) >= 11 is 0. The van der Waals surface area contributed by atoms with Crippen LogP contribution in [-0.2, 0) is 16.8 Å². The number of amides is 1. The topological polar surface area (TPSA) is 101 Å². The summed E-state index contributed by atoms with van der Waals surface area (Å²) in [7, 11) is 0. The van der Waals surface area contributed by atoms with Crippen LogP contribution in [0.2, 0.25) is 0 Å². The van der Waals surface area contributed by atoms with Gasteiger partial charge in [0.1, 0.15) is 12.1 Å². The second kappa shape index (κ2) is 5.02. The van der Waals surface area contributed by atoms with Crippen molar-refractivity contribution >= 4 is 17.3 Å². The van der Waals surface area contributed by atoms with Gasteiger partial charge < -0.3 is 5.32 Å². The number of fused-ring (bicyclic) bond motifs is 1. The Morgan fingerprint density at radius 1 is 1.40 bits per heavy atom. The van der Waals surface area contributed by atoms with E-state index in [0.717, 1.165) is 11.1 Å². The van der Waals surface area contributed by atoms with E-state index in [2.05, 4.69) is 15.8 Å². The molecule has 100 valence electrons. The molecule has 6 heteroatoms. The van der Waals surface area contributed by atoms with Gasteiger partial charge in [0.2, 0.25) is 11.6 Å². The fourth-order valence-electron chi connectivity index (χ4n) is 2.25. The zero-order valence-electron chi connectivity index (χ0n) is 11.2. The molecule has 2 rings (SSSR count). The van der Waals surface area contributed by atoms with Crippen molar-refractivity contribution in [3.8, 4) is 12.1 Å². The van der Waals surface area contributed by atoms with Crippen LogP contribution in [0.25, 0.3) is 0 Å². The van der Waals surface area contributed by atoms with Crippen LogP contribution in [0, 0.1) is 22.7 Å². The van der Waals surface area contributed by atoms with Crippen molar-refractivity contribution in [2.45, 2.75) is 25.8 Å². The molecule has 0 bridgehead atoms. The van der Waals surface area contributed by atoms with Gasteiger partial charge in [-0.2, -0.15) is 15.6 Å². The zero-order valence-corrected chi connectivity index (χ0v) is 11.2. The molecule has 1 aromatic carbocycles. The number of nitrogens with one attached hydrogen (secondary N) is 2. The number of carbonyl (C=O) groups excluding carboxylic acids is 1. The fraction of sp³-hybridized carbons (Fsp3) is 0.286. The molecule has 0 unspecified atom stereocenters. The van der Waals surface area contributed by atoms with E-state index in [1.54, 1.807) is 18.2 Å². The number of hydrogen-bond donors (Lipinski definition) is 2. The van der Waals surface area contributed by atoms with Gasteiger partial charge in [0, 0.05) is 0 Å². The quantitative estimate of drug-likeness (QED) is 0.624. The molecule has 2 N–H and O–H groups in total. The molecule has 6 nitrogen and oxygen atoms in total. The summed E-state index contributed by atoms with van der Waals surface area (Å²) in [5.74, 6) is -0.0297. The zero-order chi connectivity index (χ0) is 14.8. The Balaban J connectivity index is 2.32. The highest BCUT2D eigenvalue weighted by atomic mass is 16.1. The smallest absolute Gasteiger partial charge is 0.237 e. The van der Waals surface area contributed by atoms with Crippen LogP contribution in [0.1, 0.15) is 25.0 Å². The van der Waals surface area contributed by atoms with Gasteiger partial charge in [-0.05, 0) is 37.1 Å².